The highest BCUT2D eigenvalue weighted by Crippen LogP contribution is 2.22. The first-order valence-electron chi connectivity index (χ1n) is 6.94. The van der Waals surface area contributed by atoms with Crippen molar-refractivity contribution in [1.82, 2.24) is 0 Å². The molecule has 0 radical (unpaired) electrons. The summed E-state index contributed by atoms with van der Waals surface area (Å²) in [5.41, 5.74) is 1.19. The summed E-state index contributed by atoms with van der Waals surface area (Å²) >= 11 is 3.31. The average molecular weight is 378 g/mol. The zero-order chi connectivity index (χ0) is 17.0. The Bertz CT molecular complexity index is 728. The van der Waals surface area contributed by atoms with Crippen LogP contribution in [-0.2, 0) is 9.53 Å². The van der Waals surface area contributed by atoms with Gasteiger partial charge in [-0.05, 0) is 49.7 Å². The van der Waals surface area contributed by atoms with Gasteiger partial charge in [-0.1, -0.05) is 28.1 Å². The van der Waals surface area contributed by atoms with Crippen LogP contribution in [0, 0.1) is 6.92 Å². The molecule has 2 aromatic rings. The lowest BCUT2D eigenvalue weighted by atomic mass is 10.1. The molecule has 23 heavy (non-hydrogen) atoms. The van der Waals surface area contributed by atoms with Gasteiger partial charge in [-0.15, -0.1) is 0 Å². The fraction of sp³-hybridized carbons (Fsp3) is 0.176. The van der Waals surface area contributed by atoms with Gasteiger partial charge in [-0.25, -0.2) is 4.79 Å². The van der Waals surface area contributed by atoms with Crippen molar-refractivity contribution in [2.75, 3.05) is 5.32 Å². The van der Waals surface area contributed by atoms with E-state index in [0.29, 0.717) is 11.3 Å². The number of phenolic OH excluding ortho intramolecular Hbond substituents is 1. The smallest absolute Gasteiger partial charge is 0.342 e. The minimum Gasteiger partial charge on any atom is -0.507 e. The normalized spacial score (nSPS) is 11.6. The number of esters is 1. The van der Waals surface area contributed by atoms with Crippen LogP contribution >= 0.6 is 15.9 Å². The summed E-state index contributed by atoms with van der Waals surface area (Å²) in [6, 6.07) is 11.8. The summed E-state index contributed by atoms with van der Waals surface area (Å²) in [4.78, 5) is 24.1. The van der Waals surface area contributed by atoms with E-state index in [2.05, 4.69) is 21.2 Å². The Hall–Kier alpha value is -2.34. The number of aryl methyl sites for hydroxylation is 1. The van der Waals surface area contributed by atoms with Gasteiger partial charge in [0, 0.05) is 10.2 Å². The van der Waals surface area contributed by atoms with Crippen molar-refractivity contribution in [3.63, 3.8) is 0 Å². The fourth-order valence-corrected chi connectivity index (χ4v) is 2.14. The molecule has 0 bridgehead atoms. The highest BCUT2D eigenvalue weighted by Gasteiger charge is 2.21. The van der Waals surface area contributed by atoms with Crippen molar-refractivity contribution in [3.8, 4) is 5.75 Å². The predicted molar refractivity (Wildman–Crippen MR) is 90.5 cm³/mol. The summed E-state index contributed by atoms with van der Waals surface area (Å²) < 4.78 is 6.00. The SMILES string of the molecule is Cc1cccc(C(=O)O[C@H](C)C(=O)Nc2ccc(Br)cc2)c1O. The molecule has 0 aliphatic heterocycles. The van der Waals surface area contributed by atoms with Gasteiger partial charge in [0.25, 0.3) is 5.91 Å². The maximum atomic E-state index is 12.1. The van der Waals surface area contributed by atoms with Crippen LogP contribution in [-0.4, -0.2) is 23.1 Å². The van der Waals surface area contributed by atoms with Crippen molar-refractivity contribution in [3.05, 3.63) is 58.1 Å². The van der Waals surface area contributed by atoms with Crippen molar-refractivity contribution < 1.29 is 19.4 Å². The number of rotatable bonds is 4. The Labute approximate surface area is 142 Å². The number of phenols is 1. The van der Waals surface area contributed by atoms with Crippen molar-refractivity contribution >= 4 is 33.5 Å². The maximum Gasteiger partial charge on any atom is 0.342 e. The minimum absolute atomic E-state index is 0.0355. The lowest BCUT2D eigenvalue weighted by molar-refractivity contribution is -0.123. The second-order valence-electron chi connectivity index (χ2n) is 5.01. The van der Waals surface area contributed by atoms with E-state index in [1.807, 2.05) is 0 Å². The fourth-order valence-electron chi connectivity index (χ4n) is 1.88. The maximum absolute atomic E-state index is 12.1. The Morgan fingerprint density at radius 3 is 2.48 bits per heavy atom. The van der Waals surface area contributed by atoms with Gasteiger partial charge in [0.2, 0.25) is 0 Å². The van der Waals surface area contributed by atoms with E-state index in [-0.39, 0.29) is 11.3 Å². The number of carbonyl (C=O) groups excluding carboxylic acids is 2. The molecule has 2 aromatic carbocycles. The minimum atomic E-state index is -0.994. The summed E-state index contributed by atoms with van der Waals surface area (Å²) in [5.74, 6) is -1.34. The van der Waals surface area contributed by atoms with Gasteiger partial charge < -0.3 is 15.2 Å². The van der Waals surface area contributed by atoms with Crippen LogP contribution in [0.4, 0.5) is 5.69 Å². The van der Waals surface area contributed by atoms with Gasteiger partial charge in [0.1, 0.15) is 11.3 Å². The van der Waals surface area contributed by atoms with Gasteiger partial charge in [0.15, 0.2) is 6.10 Å². The molecule has 0 heterocycles. The number of nitrogens with one attached hydrogen (secondary N) is 1. The molecule has 1 atom stereocenters. The molecule has 1 amide bonds. The molecule has 6 heteroatoms. The van der Waals surface area contributed by atoms with Crippen LogP contribution in [0.3, 0.4) is 0 Å². The molecule has 0 saturated heterocycles. The van der Waals surface area contributed by atoms with Crippen LogP contribution in [0.5, 0.6) is 5.75 Å². The molecule has 0 aliphatic carbocycles. The number of hydrogen-bond donors (Lipinski definition) is 2. The number of ether oxygens (including phenoxy) is 1. The number of benzene rings is 2. The van der Waals surface area contributed by atoms with Crippen LogP contribution in [0.1, 0.15) is 22.8 Å². The number of para-hydroxylation sites is 1. The second-order valence-corrected chi connectivity index (χ2v) is 5.93. The van der Waals surface area contributed by atoms with Gasteiger partial charge in [-0.2, -0.15) is 0 Å². The van der Waals surface area contributed by atoms with E-state index in [1.54, 1.807) is 43.3 Å². The Morgan fingerprint density at radius 1 is 1.17 bits per heavy atom. The number of carbonyl (C=O) groups is 2. The van der Waals surface area contributed by atoms with Gasteiger partial charge in [-0.3, -0.25) is 4.79 Å². The third-order valence-corrected chi connectivity index (χ3v) is 3.75. The average Bonchev–Trinajstić information content (AvgIpc) is 2.52. The summed E-state index contributed by atoms with van der Waals surface area (Å²) in [5, 5.41) is 12.5. The van der Waals surface area contributed by atoms with E-state index in [9.17, 15) is 14.7 Å². The summed E-state index contributed by atoms with van der Waals surface area (Å²) in [6.45, 7) is 3.15. The quantitative estimate of drug-likeness (QED) is 0.797. The molecule has 0 aliphatic rings. The Balaban J connectivity index is 2.01. The topological polar surface area (TPSA) is 75.6 Å². The highest BCUT2D eigenvalue weighted by atomic mass is 79.9. The molecule has 0 saturated carbocycles. The van der Waals surface area contributed by atoms with E-state index >= 15 is 0 Å². The van der Waals surface area contributed by atoms with E-state index < -0.39 is 18.0 Å². The number of hydrogen-bond acceptors (Lipinski definition) is 4. The number of halogens is 1. The summed E-state index contributed by atoms with van der Waals surface area (Å²) in [7, 11) is 0. The number of amides is 1. The molecule has 2 rings (SSSR count). The number of anilines is 1. The van der Waals surface area contributed by atoms with Crippen LogP contribution in [0.25, 0.3) is 0 Å². The first kappa shape index (κ1) is 17.0. The van der Waals surface area contributed by atoms with Crippen LogP contribution in [0.15, 0.2) is 46.9 Å². The largest absolute Gasteiger partial charge is 0.507 e. The molecule has 2 N–H and O–H groups in total. The van der Waals surface area contributed by atoms with E-state index in [1.165, 1.54) is 13.0 Å². The molecule has 0 unspecified atom stereocenters. The third kappa shape index (κ3) is 4.32. The van der Waals surface area contributed by atoms with E-state index in [4.69, 9.17) is 4.74 Å². The highest BCUT2D eigenvalue weighted by molar-refractivity contribution is 9.10. The molecule has 120 valence electrons. The standard InChI is InChI=1S/C17H16BrNO4/c1-10-4-3-5-14(15(10)20)17(22)23-11(2)16(21)19-13-8-6-12(18)7-9-13/h3-9,11,20H,1-2H3,(H,19,21)/t11-/m1/s1. The summed E-state index contributed by atoms with van der Waals surface area (Å²) in [6.07, 6.45) is -0.994. The van der Waals surface area contributed by atoms with Gasteiger partial charge >= 0.3 is 5.97 Å². The first-order chi connectivity index (χ1) is 10.9. The van der Waals surface area contributed by atoms with Crippen molar-refractivity contribution in [2.45, 2.75) is 20.0 Å². The second kappa shape index (κ2) is 7.28. The van der Waals surface area contributed by atoms with Gasteiger partial charge in [0.05, 0.1) is 0 Å². The predicted octanol–water partition coefficient (Wildman–Crippen LogP) is 3.65. The Kier molecular flexibility index (Phi) is 5.39. The van der Waals surface area contributed by atoms with Crippen molar-refractivity contribution in [2.24, 2.45) is 0 Å². The molecular formula is C17H16BrNO4. The van der Waals surface area contributed by atoms with Crippen LogP contribution < -0.4 is 5.32 Å². The molecule has 0 fully saturated rings. The zero-order valence-electron chi connectivity index (χ0n) is 12.7. The monoisotopic (exact) mass is 377 g/mol. The zero-order valence-corrected chi connectivity index (χ0v) is 14.3. The molecule has 5 nitrogen and oxygen atoms in total. The molecule has 0 aromatic heterocycles. The lowest BCUT2D eigenvalue weighted by Gasteiger charge is -2.14. The first-order valence-corrected chi connectivity index (χ1v) is 7.74. The van der Waals surface area contributed by atoms with Crippen LogP contribution in [0.2, 0.25) is 0 Å². The van der Waals surface area contributed by atoms with E-state index in [0.717, 1.165) is 4.47 Å². The number of aromatic hydroxyl groups is 1. The van der Waals surface area contributed by atoms with Crippen molar-refractivity contribution in [1.29, 1.82) is 0 Å². The lowest BCUT2D eigenvalue weighted by Crippen LogP contribution is -2.30. The Morgan fingerprint density at radius 2 is 1.83 bits per heavy atom. The third-order valence-electron chi connectivity index (χ3n) is 3.22. The molecule has 0 spiro atoms. The molecular weight excluding hydrogens is 362 g/mol.